The molecule has 0 aliphatic carbocycles. The summed E-state index contributed by atoms with van der Waals surface area (Å²) in [4.78, 5) is 20.8. The van der Waals surface area contributed by atoms with Crippen molar-refractivity contribution in [3.63, 3.8) is 0 Å². The molecule has 68 heavy (non-hydrogen) atoms. The van der Waals surface area contributed by atoms with Crippen LogP contribution >= 0.6 is 0 Å². The van der Waals surface area contributed by atoms with Crippen LogP contribution in [0, 0.1) is 18.3 Å². The van der Waals surface area contributed by atoms with Crippen LogP contribution in [0.4, 0.5) is 13.2 Å². The Morgan fingerprint density at radius 2 is 0.897 bits per heavy atom. The summed E-state index contributed by atoms with van der Waals surface area (Å²) >= 11 is 0. The van der Waals surface area contributed by atoms with Crippen molar-refractivity contribution in [3.05, 3.63) is 223 Å². The molecule has 0 atom stereocenters. The molecular weight excluding hydrogens is 850 g/mol. The SMILES string of the molecule is Cc1cc(-c2ccc3c(c2)c2ccccc2n3-c2c(-c3cc(-c4ccccc4)nc(-c4ccccc4)n3)cc(C#N)cc2-c2cc(-c3ccccc3)nc(-c3ccccc3)n2)cc(C(F)(F)F)c1. The summed E-state index contributed by atoms with van der Waals surface area (Å²) in [5, 5.41) is 12.6. The molecule has 0 amide bonds. The van der Waals surface area contributed by atoms with Gasteiger partial charge in [0, 0.05) is 44.2 Å². The third-order valence-corrected chi connectivity index (χ3v) is 12.1. The molecule has 324 valence electrons. The first kappa shape index (κ1) is 41.7. The van der Waals surface area contributed by atoms with E-state index >= 15 is 0 Å². The molecule has 11 aromatic rings. The topological polar surface area (TPSA) is 80.3 Å². The summed E-state index contributed by atoms with van der Waals surface area (Å²) in [5.41, 5.74) is 10.8. The van der Waals surface area contributed by atoms with Gasteiger partial charge in [-0.3, -0.25) is 0 Å². The van der Waals surface area contributed by atoms with Gasteiger partial charge in [-0.25, -0.2) is 19.9 Å². The zero-order chi connectivity index (χ0) is 46.4. The molecule has 0 unspecified atom stereocenters. The van der Waals surface area contributed by atoms with Gasteiger partial charge in [0.05, 0.1) is 56.7 Å². The number of hydrogen-bond acceptors (Lipinski definition) is 5. The maximum absolute atomic E-state index is 14.2. The van der Waals surface area contributed by atoms with E-state index in [1.165, 1.54) is 12.1 Å². The van der Waals surface area contributed by atoms with Gasteiger partial charge < -0.3 is 4.57 Å². The largest absolute Gasteiger partial charge is 0.416 e. The number of fused-ring (bicyclic) bond motifs is 3. The van der Waals surface area contributed by atoms with Gasteiger partial charge >= 0.3 is 6.18 Å². The van der Waals surface area contributed by atoms with Gasteiger partial charge in [0.25, 0.3) is 0 Å². The zero-order valence-electron chi connectivity index (χ0n) is 36.4. The number of rotatable bonds is 8. The van der Waals surface area contributed by atoms with E-state index in [-0.39, 0.29) is 0 Å². The lowest BCUT2D eigenvalue weighted by atomic mass is 9.95. The highest BCUT2D eigenvalue weighted by molar-refractivity contribution is 6.12. The Kier molecular flexibility index (Phi) is 10.5. The van der Waals surface area contributed by atoms with Crippen LogP contribution in [0.25, 0.3) is 106 Å². The number of alkyl halides is 3. The molecule has 0 aliphatic rings. The zero-order valence-corrected chi connectivity index (χ0v) is 36.4. The van der Waals surface area contributed by atoms with Crippen molar-refractivity contribution < 1.29 is 13.2 Å². The summed E-state index contributed by atoms with van der Waals surface area (Å²) in [6.45, 7) is 1.68. The van der Waals surface area contributed by atoms with E-state index in [1.54, 1.807) is 13.0 Å². The fourth-order valence-electron chi connectivity index (χ4n) is 8.95. The van der Waals surface area contributed by atoms with Crippen LogP contribution in [0.5, 0.6) is 0 Å². The number of halogens is 3. The van der Waals surface area contributed by atoms with Gasteiger partial charge in [-0.15, -0.1) is 0 Å². The highest BCUT2D eigenvalue weighted by Gasteiger charge is 2.31. The molecule has 0 spiro atoms. The van der Waals surface area contributed by atoms with Crippen molar-refractivity contribution in [2.24, 2.45) is 0 Å². The second-order valence-electron chi connectivity index (χ2n) is 16.6. The number of aryl methyl sites for hydroxylation is 1. The number of nitriles is 1. The Bertz CT molecular complexity index is 3470. The first-order valence-electron chi connectivity index (χ1n) is 22.0. The Hall–Kier alpha value is -9.00. The lowest BCUT2D eigenvalue weighted by Crippen LogP contribution is -2.06. The van der Waals surface area contributed by atoms with Crippen molar-refractivity contribution in [2.45, 2.75) is 13.1 Å². The number of hydrogen-bond donors (Lipinski definition) is 0. The first-order valence-corrected chi connectivity index (χ1v) is 22.0. The van der Waals surface area contributed by atoms with Gasteiger partial charge in [0.2, 0.25) is 0 Å². The second-order valence-corrected chi connectivity index (χ2v) is 16.6. The smallest absolute Gasteiger partial charge is 0.308 e. The molecule has 0 aliphatic heterocycles. The van der Waals surface area contributed by atoms with Crippen molar-refractivity contribution >= 4 is 21.8 Å². The first-order chi connectivity index (χ1) is 33.2. The van der Waals surface area contributed by atoms with E-state index < -0.39 is 11.7 Å². The van der Waals surface area contributed by atoms with Crippen LogP contribution < -0.4 is 0 Å². The third-order valence-electron chi connectivity index (χ3n) is 12.1. The van der Waals surface area contributed by atoms with E-state index in [4.69, 9.17) is 19.9 Å². The molecule has 3 heterocycles. The summed E-state index contributed by atoms with van der Waals surface area (Å²) in [6.07, 6.45) is -4.51. The van der Waals surface area contributed by atoms with Crippen LogP contribution in [0.2, 0.25) is 0 Å². The Balaban J connectivity index is 1.27. The summed E-state index contributed by atoms with van der Waals surface area (Å²) in [5.74, 6) is 1.000. The molecule has 6 nitrogen and oxygen atoms in total. The molecule has 0 N–H and O–H groups in total. The van der Waals surface area contributed by atoms with Crippen LogP contribution in [-0.2, 0) is 6.18 Å². The van der Waals surface area contributed by atoms with Crippen LogP contribution in [0.1, 0.15) is 16.7 Å². The van der Waals surface area contributed by atoms with Crippen LogP contribution in [0.3, 0.4) is 0 Å². The number of nitrogens with zero attached hydrogens (tertiary/aromatic N) is 6. The fourth-order valence-corrected chi connectivity index (χ4v) is 8.95. The average Bonchev–Trinajstić information content (AvgIpc) is 3.71. The van der Waals surface area contributed by atoms with E-state index in [2.05, 4.69) is 10.6 Å². The lowest BCUT2D eigenvalue weighted by Gasteiger charge is -2.20. The maximum atomic E-state index is 14.2. The predicted octanol–water partition coefficient (Wildman–Crippen LogP) is 15.2. The van der Waals surface area contributed by atoms with Crippen molar-refractivity contribution in [1.82, 2.24) is 24.5 Å². The predicted molar refractivity (Wildman–Crippen MR) is 264 cm³/mol. The minimum atomic E-state index is -4.51. The lowest BCUT2D eigenvalue weighted by molar-refractivity contribution is -0.137. The monoisotopic (exact) mass is 886 g/mol. The molecule has 0 radical (unpaired) electrons. The quantitative estimate of drug-likeness (QED) is 0.152. The molecule has 9 heteroatoms. The van der Waals surface area contributed by atoms with Crippen molar-refractivity contribution in [1.29, 1.82) is 5.26 Å². The number of para-hydroxylation sites is 1. The van der Waals surface area contributed by atoms with E-state index in [1.807, 2.05) is 188 Å². The van der Waals surface area contributed by atoms with Gasteiger partial charge in [0.1, 0.15) is 0 Å². The van der Waals surface area contributed by atoms with Gasteiger partial charge in [-0.05, 0) is 78.2 Å². The maximum Gasteiger partial charge on any atom is 0.416 e. The second kappa shape index (κ2) is 17.1. The van der Waals surface area contributed by atoms with E-state index in [0.717, 1.165) is 44.1 Å². The molecule has 0 saturated heterocycles. The highest BCUT2D eigenvalue weighted by atomic mass is 19.4. The van der Waals surface area contributed by atoms with E-state index in [9.17, 15) is 18.4 Å². The van der Waals surface area contributed by atoms with Crippen molar-refractivity contribution in [3.8, 4) is 90.7 Å². The molecule has 3 aromatic heterocycles. The fraction of sp³-hybridized carbons (Fsp3) is 0.0339. The van der Waals surface area contributed by atoms with Crippen molar-refractivity contribution in [2.75, 3.05) is 0 Å². The number of aromatic nitrogens is 5. The molecule has 0 bridgehead atoms. The van der Waals surface area contributed by atoms with Crippen LogP contribution in [0.15, 0.2) is 206 Å². The van der Waals surface area contributed by atoms with E-state index in [0.29, 0.717) is 73.5 Å². The van der Waals surface area contributed by atoms with Gasteiger partial charge in [-0.1, -0.05) is 152 Å². The Labute approximate surface area is 390 Å². The molecule has 0 saturated carbocycles. The summed E-state index contributed by atoms with van der Waals surface area (Å²) < 4.78 is 44.7. The number of benzene rings is 8. The molecule has 8 aromatic carbocycles. The minimum Gasteiger partial charge on any atom is -0.308 e. The Morgan fingerprint density at radius 1 is 0.426 bits per heavy atom. The third kappa shape index (κ3) is 7.84. The van der Waals surface area contributed by atoms with Gasteiger partial charge in [-0.2, -0.15) is 18.4 Å². The van der Waals surface area contributed by atoms with Crippen LogP contribution in [-0.4, -0.2) is 24.5 Å². The normalized spacial score (nSPS) is 11.5. The molecular formula is C59H37F3N6. The standard InChI is InChI=1S/C59H37F3N6/c1-37-28-44(32-45(29-37)59(60,61)62)43-26-27-55-47(33-43)46-24-14-15-25-54(46)68(55)56-48(52-34-50(39-16-6-2-7-17-39)64-57(66-52)41-20-10-4-11-21-41)30-38(36-63)31-49(56)53-35-51(40-18-8-3-9-19-40)65-58(67-53)42-22-12-5-13-23-42/h2-35H,1H3. The average molecular weight is 887 g/mol. The Morgan fingerprint density at radius 3 is 1.41 bits per heavy atom. The summed E-state index contributed by atoms with van der Waals surface area (Å²) in [7, 11) is 0. The minimum absolute atomic E-state index is 0.379. The highest BCUT2D eigenvalue weighted by Crippen LogP contribution is 2.44. The molecule has 0 fully saturated rings. The molecule has 11 rings (SSSR count). The summed E-state index contributed by atoms with van der Waals surface area (Å²) in [6, 6.07) is 67.4. The van der Waals surface area contributed by atoms with Gasteiger partial charge in [0.15, 0.2) is 11.6 Å².